The number of hydroxylamine groups is 1. The van der Waals surface area contributed by atoms with Gasteiger partial charge in [0.25, 0.3) is 5.91 Å². The van der Waals surface area contributed by atoms with Crippen LogP contribution in [-0.2, 0) is 9.63 Å². The number of aryl methyl sites for hydroxylation is 1. The lowest BCUT2D eigenvalue weighted by Crippen LogP contribution is -2.50. The fourth-order valence-electron chi connectivity index (χ4n) is 4.67. The van der Waals surface area contributed by atoms with Crippen LogP contribution in [0.3, 0.4) is 0 Å². The van der Waals surface area contributed by atoms with Gasteiger partial charge in [0.15, 0.2) is 5.82 Å². The predicted octanol–water partition coefficient (Wildman–Crippen LogP) is 2.83. The Morgan fingerprint density at radius 1 is 1.14 bits per heavy atom. The molecule has 158 valence electrons. The summed E-state index contributed by atoms with van der Waals surface area (Å²) in [6.07, 6.45) is 6.27. The molecule has 1 saturated heterocycles. The molecule has 0 aromatic carbocycles. The van der Waals surface area contributed by atoms with Crippen molar-refractivity contribution in [3.63, 3.8) is 0 Å². The van der Waals surface area contributed by atoms with Gasteiger partial charge in [-0.1, -0.05) is 20.8 Å². The number of anilines is 1. The molecule has 0 atom stereocenters. The van der Waals surface area contributed by atoms with Crippen LogP contribution in [0.2, 0.25) is 0 Å². The Labute approximate surface area is 173 Å². The normalized spacial score (nSPS) is 27.7. The topological polar surface area (TPSA) is 70.6 Å². The highest BCUT2D eigenvalue weighted by molar-refractivity contribution is 5.93. The summed E-state index contributed by atoms with van der Waals surface area (Å²) in [5, 5.41) is 8.39. The highest BCUT2D eigenvalue weighted by Gasteiger charge is 2.43. The highest BCUT2D eigenvalue weighted by atomic mass is 16.7. The molecule has 29 heavy (non-hydrogen) atoms. The van der Waals surface area contributed by atoms with Crippen LogP contribution < -0.4 is 10.4 Å². The first-order valence-corrected chi connectivity index (χ1v) is 10.8. The molecule has 3 heterocycles. The van der Waals surface area contributed by atoms with Crippen LogP contribution in [0.25, 0.3) is 0 Å². The van der Waals surface area contributed by atoms with Gasteiger partial charge in [0.05, 0.1) is 5.69 Å². The van der Waals surface area contributed by atoms with Crippen LogP contribution in [0, 0.1) is 18.3 Å². The second kappa shape index (κ2) is 7.59. The Morgan fingerprint density at radius 2 is 1.83 bits per heavy atom. The molecule has 1 aromatic rings. The number of carbonyl (C=O) groups excluding carboxylic acids is 1. The molecular weight excluding hydrogens is 366 g/mol. The summed E-state index contributed by atoms with van der Waals surface area (Å²) in [4.78, 5) is 23.0. The number of hydrogen-bond donors (Lipinski definition) is 1. The van der Waals surface area contributed by atoms with Crippen molar-refractivity contribution in [1.29, 1.82) is 0 Å². The zero-order valence-electron chi connectivity index (χ0n) is 18.1. The van der Waals surface area contributed by atoms with Crippen molar-refractivity contribution in [3.8, 4) is 0 Å². The maximum atomic E-state index is 13.0. The fourth-order valence-corrected chi connectivity index (χ4v) is 4.67. The Kier molecular flexibility index (Phi) is 5.27. The number of amides is 1. The molecule has 1 spiro atoms. The van der Waals surface area contributed by atoms with E-state index in [1.807, 2.05) is 30.0 Å². The van der Waals surface area contributed by atoms with E-state index in [0.29, 0.717) is 30.1 Å². The van der Waals surface area contributed by atoms with Crippen LogP contribution >= 0.6 is 0 Å². The van der Waals surface area contributed by atoms with Gasteiger partial charge in [0.2, 0.25) is 0 Å². The van der Waals surface area contributed by atoms with E-state index in [2.05, 4.69) is 41.3 Å². The Bertz CT molecular complexity index is 767. The summed E-state index contributed by atoms with van der Waals surface area (Å²) < 4.78 is 0. The summed E-state index contributed by atoms with van der Waals surface area (Å²) in [6, 6.07) is 3.96. The number of nitrogens with zero attached hydrogens (tertiary/aromatic N) is 4. The van der Waals surface area contributed by atoms with Gasteiger partial charge in [0.1, 0.15) is 11.3 Å². The molecule has 3 aliphatic rings. The van der Waals surface area contributed by atoms with E-state index in [0.717, 1.165) is 50.3 Å². The SMILES string of the molecule is Cc1ccc(N2CCN(C(=O)C3=CC4(CCC(C(C)(C)C)CC4)ON3)CC2)nn1. The summed E-state index contributed by atoms with van der Waals surface area (Å²) in [6.45, 7) is 11.7. The van der Waals surface area contributed by atoms with Crippen LogP contribution in [0.5, 0.6) is 0 Å². The number of rotatable bonds is 2. The molecule has 0 unspecified atom stereocenters. The predicted molar refractivity (Wildman–Crippen MR) is 112 cm³/mol. The second-order valence-corrected chi connectivity index (χ2v) is 9.78. The van der Waals surface area contributed by atoms with E-state index in [1.54, 1.807) is 0 Å². The van der Waals surface area contributed by atoms with Crippen molar-refractivity contribution in [2.45, 2.75) is 59.0 Å². The van der Waals surface area contributed by atoms with Gasteiger partial charge in [0, 0.05) is 26.2 Å². The first kappa shape index (κ1) is 20.1. The molecule has 7 heteroatoms. The van der Waals surface area contributed by atoms with Crippen molar-refractivity contribution < 1.29 is 9.63 Å². The minimum absolute atomic E-state index is 0.0365. The van der Waals surface area contributed by atoms with Gasteiger partial charge in [-0.25, -0.2) is 0 Å². The molecule has 4 rings (SSSR count). The van der Waals surface area contributed by atoms with Gasteiger partial charge >= 0.3 is 0 Å². The average Bonchev–Trinajstić information content (AvgIpc) is 3.11. The van der Waals surface area contributed by atoms with Crippen LogP contribution in [0.4, 0.5) is 5.82 Å². The third kappa shape index (κ3) is 4.25. The molecule has 1 aromatic heterocycles. The molecule has 1 aliphatic carbocycles. The molecule has 1 saturated carbocycles. The summed E-state index contributed by atoms with van der Waals surface area (Å²) in [5.74, 6) is 1.62. The van der Waals surface area contributed by atoms with Crippen molar-refractivity contribution in [2.75, 3.05) is 31.1 Å². The monoisotopic (exact) mass is 399 g/mol. The Morgan fingerprint density at radius 3 is 2.41 bits per heavy atom. The average molecular weight is 400 g/mol. The largest absolute Gasteiger partial charge is 0.352 e. The van der Waals surface area contributed by atoms with Gasteiger partial charge in [-0.15, -0.1) is 5.10 Å². The number of nitrogens with one attached hydrogen (secondary N) is 1. The zero-order chi connectivity index (χ0) is 20.6. The lowest BCUT2D eigenvalue weighted by Gasteiger charge is -2.40. The minimum atomic E-state index is -0.313. The lowest BCUT2D eigenvalue weighted by atomic mass is 9.68. The van der Waals surface area contributed by atoms with Crippen LogP contribution in [0.15, 0.2) is 23.9 Å². The third-order valence-corrected chi connectivity index (χ3v) is 6.73. The van der Waals surface area contributed by atoms with Crippen molar-refractivity contribution in [3.05, 3.63) is 29.6 Å². The quantitative estimate of drug-likeness (QED) is 0.825. The molecule has 0 bridgehead atoms. The van der Waals surface area contributed by atoms with Crippen LogP contribution in [0.1, 0.15) is 52.1 Å². The number of aromatic nitrogens is 2. The number of piperazine rings is 1. The second-order valence-electron chi connectivity index (χ2n) is 9.78. The van der Waals surface area contributed by atoms with Crippen molar-refractivity contribution in [2.24, 2.45) is 11.3 Å². The number of carbonyl (C=O) groups is 1. The summed E-state index contributed by atoms with van der Waals surface area (Å²) in [7, 11) is 0. The first-order valence-electron chi connectivity index (χ1n) is 10.8. The van der Waals surface area contributed by atoms with Crippen molar-refractivity contribution >= 4 is 11.7 Å². The maximum absolute atomic E-state index is 13.0. The highest BCUT2D eigenvalue weighted by Crippen LogP contribution is 2.44. The smallest absolute Gasteiger partial charge is 0.272 e. The van der Waals surface area contributed by atoms with Gasteiger partial charge in [-0.05, 0) is 62.1 Å². The lowest BCUT2D eigenvalue weighted by molar-refractivity contribution is -0.130. The van der Waals surface area contributed by atoms with E-state index >= 15 is 0 Å². The first-order chi connectivity index (χ1) is 13.8. The Balaban J connectivity index is 1.34. The molecular formula is C22H33N5O2. The minimum Gasteiger partial charge on any atom is -0.352 e. The summed E-state index contributed by atoms with van der Waals surface area (Å²) >= 11 is 0. The van der Waals surface area contributed by atoms with E-state index in [4.69, 9.17) is 4.84 Å². The fraction of sp³-hybridized carbons (Fsp3) is 0.682. The molecule has 7 nitrogen and oxygen atoms in total. The van der Waals surface area contributed by atoms with Gasteiger partial charge in [-0.2, -0.15) is 5.10 Å². The zero-order valence-corrected chi connectivity index (χ0v) is 18.1. The molecule has 1 amide bonds. The van der Waals surface area contributed by atoms with Crippen LogP contribution in [-0.4, -0.2) is 52.8 Å². The molecule has 0 radical (unpaired) electrons. The van der Waals surface area contributed by atoms with E-state index < -0.39 is 0 Å². The van der Waals surface area contributed by atoms with E-state index in [9.17, 15) is 4.79 Å². The Hall–Kier alpha value is -2.15. The molecule has 2 fully saturated rings. The van der Waals surface area contributed by atoms with E-state index in [-0.39, 0.29) is 11.5 Å². The molecule has 2 aliphatic heterocycles. The maximum Gasteiger partial charge on any atom is 0.272 e. The van der Waals surface area contributed by atoms with Crippen molar-refractivity contribution in [1.82, 2.24) is 20.6 Å². The third-order valence-electron chi connectivity index (χ3n) is 6.73. The number of hydrogen-bond acceptors (Lipinski definition) is 6. The molecule has 1 N–H and O–H groups in total. The summed E-state index contributed by atoms with van der Waals surface area (Å²) in [5.41, 5.74) is 4.48. The van der Waals surface area contributed by atoms with Gasteiger partial charge < -0.3 is 9.80 Å². The van der Waals surface area contributed by atoms with E-state index in [1.165, 1.54) is 0 Å². The standard InChI is InChI=1S/C22H33N5O2/c1-16-5-6-19(24-23-16)26-11-13-27(14-12-26)20(28)18-15-22(29-25-18)9-7-17(8-10-22)21(2,3)4/h5-6,15,17,25H,7-14H2,1-4H3. The van der Waals surface area contributed by atoms with Gasteiger partial charge in [-0.3, -0.25) is 15.1 Å².